The van der Waals surface area contributed by atoms with Crippen LogP contribution in [0.4, 0.5) is 18.9 Å². The van der Waals surface area contributed by atoms with Gasteiger partial charge in [0.15, 0.2) is 0 Å². The highest BCUT2D eigenvalue weighted by Crippen LogP contribution is 2.29. The molecule has 2 aromatic carbocycles. The molecule has 1 fully saturated rings. The van der Waals surface area contributed by atoms with E-state index in [4.69, 9.17) is 5.41 Å². The second-order valence-corrected chi connectivity index (χ2v) is 6.31. The number of carbonyl (C=O) groups excluding carboxylic acids is 1. The Kier molecular flexibility index (Phi) is 5.41. The summed E-state index contributed by atoms with van der Waals surface area (Å²) >= 11 is 0. The number of rotatable bonds is 5. The van der Waals surface area contributed by atoms with Gasteiger partial charge >= 0.3 is 6.18 Å². The zero-order chi connectivity index (χ0) is 19.4. The molecule has 0 bridgehead atoms. The summed E-state index contributed by atoms with van der Waals surface area (Å²) in [6.45, 7) is 1.79. The van der Waals surface area contributed by atoms with Gasteiger partial charge in [0, 0.05) is 24.5 Å². The molecular weight excluding hydrogens is 355 g/mol. The lowest BCUT2D eigenvalue weighted by Crippen LogP contribution is -2.33. The van der Waals surface area contributed by atoms with E-state index in [-0.39, 0.29) is 17.7 Å². The molecular formula is C20H18F3N3O. The molecule has 3 N–H and O–H groups in total. The topological polar surface area (TPSA) is 65.0 Å². The van der Waals surface area contributed by atoms with Crippen LogP contribution in [0.1, 0.15) is 23.1 Å². The molecule has 7 heteroatoms. The molecule has 140 valence electrons. The van der Waals surface area contributed by atoms with E-state index < -0.39 is 17.6 Å². The maximum absolute atomic E-state index is 12.6. The second kappa shape index (κ2) is 7.75. The molecule has 0 unspecified atom stereocenters. The molecule has 1 aliphatic heterocycles. The Bertz CT molecular complexity index is 863. The van der Waals surface area contributed by atoms with Gasteiger partial charge in [0.25, 0.3) is 0 Å². The zero-order valence-electron chi connectivity index (χ0n) is 14.4. The number of carbonyl (C=O) groups is 1. The molecule has 0 spiro atoms. The smallest absolute Gasteiger partial charge is 0.326 e. The van der Waals surface area contributed by atoms with Crippen molar-refractivity contribution in [2.24, 2.45) is 0 Å². The Morgan fingerprint density at radius 1 is 1.07 bits per heavy atom. The molecule has 0 aliphatic carbocycles. The van der Waals surface area contributed by atoms with Crippen LogP contribution in [-0.2, 0) is 11.0 Å². The Morgan fingerprint density at radius 2 is 1.70 bits per heavy atom. The van der Waals surface area contributed by atoms with Crippen LogP contribution >= 0.6 is 0 Å². The summed E-state index contributed by atoms with van der Waals surface area (Å²) in [6.07, 6.45) is -2.55. The summed E-state index contributed by atoms with van der Waals surface area (Å²) in [7, 11) is 0. The number of hydrogen-bond donors (Lipinski definition) is 3. The van der Waals surface area contributed by atoms with Crippen LogP contribution in [0.2, 0.25) is 0 Å². The van der Waals surface area contributed by atoms with E-state index in [9.17, 15) is 18.0 Å². The van der Waals surface area contributed by atoms with Gasteiger partial charge in [-0.15, -0.1) is 0 Å². The molecule has 4 nitrogen and oxygen atoms in total. The third kappa shape index (κ3) is 5.04. The molecule has 1 amide bonds. The lowest BCUT2D eigenvalue weighted by Gasteiger charge is -2.18. The summed E-state index contributed by atoms with van der Waals surface area (Å²) in [6, 6.07) is 11.6. The van der Waals surface area contributed by atoms with E-state index in [2.05, 4.69) is 16.7 Å². The molecule has 1 aliphatic rings. The molecule has 2 aromatic rings. The van der Waals surface area contributed by atoms with Crippen LogP contribution in [0.25, 0.3) is 6.08 Å². The normalized spacial score (nSPS) is 13.7. The van der Waals surface area contributed by atoms with E-state index in [0.29, 0.717) is 5.69 Å². The van der Waals surface area contributed by atoms with Gasteiger partial charge in [-0.25, -0.2) is 0 Å². The highest BCUT2D eigenvalue weighted by atomic mass is 19.4. The van der Waals surface area contributed by atoms with Crippen molar-refractivity contribution in [1.82, 2.24) is 5.32 Å². The van der Waals surface area contributed by atoms with Crippen molar-refractivity contribution >= 4 is 23.4 Å². The summed E-state index contributed by atoms with van der Waals surface area (Å²) < 4.78 is 37.7. The van der Waals surface area contributed by atoms with Crippen molar-refractivity contribution in [3.63, 3.8) is 0 Å². The molecule has 27 heavy (non-hydrogen) atoms. The van der Waals surface area contributed by atoms with E-state index in [1.807, 2.05) is 12.1 Å². The fraction of sp³-hybridized carbons (Fsp3) is 0.200. The summed E-state index contributed by atoms with van der Waals surface area (Å²) in [5.41, 5.74) is 2.43. The van der Waals surface area contributed by atoms with Crippen molar-refractivity contribution in [2.45, 2.75) is 12.6 Å². The number of benzene rings is 2. The first-order valence-corrected chi connectivity index (χ1v) is 8.36. The largest absolute Gasteiger partial charge is 0.416 e. The number of alkyl halides is 3. The van der Waals surface area contributed by atoms with Crippen molar-refractivity contribution in [3.8, 4) is 0 Å². The van der Waals surface area contributed by atoms with Crippen LogP contribution in [-0.4, -0.2) is 24.7 Å². The first-order valence-electron chi connectivity index (χ1n) is 8.36. The molecule has 0 saturated carbocycles. The Hall–Kier alpha value is -2.93. The van der Waals surface area contributed by atoms with E-state index >= 15 is 0 Å². The second-order valence-electron chi connectivity index (χ2n) is 6.31. The Balaban J connectivity index is 1.56. The molecule has 0 atom stereocenters. The lowest BCUT2D eigenvalue weighted by molar-refractivity contribution is -0.137. The fourth-order valence-electron chi connectivity index (χ4n) is 2.60. The summed E-state index contributed by atoms with van der Waals surface area (Å²) in [4.78, 5) is 12.1. The third-order valence-corrected chi connectivity index (χ3v) is 4.17. The van der Waals surface area contributed by atoms with Crippen LogP contribution in [0, 0.1) is 5.41 Å². The monoisotopic (exact) mass is 373 g/mol. The molecule has 1 heterocycles. The van der Waals surface area contributed by atoms with Gasteiger partial charge in [-0.05, 0) is 41.0 Å². The van der Waals surface area contributed by atoms with Gasteiger partial charge in [-0.3, -0.25) is 4.79 Å². The lowest BCUT2D eigenvalue weighted by atomic mass is 10.0. The van der Waals surface area contributed by atoms with Crippen LogP contribution in [0.3, 0.4) is 0 Å². The highest BCUT2D eigenvalue weighted by Gasteiger charge is 2.30. The van der Waals surface area contributed by atoms with Gasteiger partial charge in [-0.2, -0.15) is 13.2 Å². The maximum Gasteiger partial charge on any atom is 0.416 e. The number of amides is 1. The highest BCUT2D eigenvalue weighted by molar-refractivity contribution is 6.12. The molecule has 0 radical (unpaired) electrons. The van der Waals surface area contributed by atoms with Crippen molar-refractivity contribution in [1.29, 1.82) is 5.41 Å². The average molecular weight is 373 g/mol. The van der Waals surface area contributed by atoms with E-state index in [1.165, 1.54) is 17.7 Å². The first-order chi connectivity index (χ1) is 12.8. The SMILES string of the molecule is N=C(CC(=O)Nc1ccc(C=C2CNC2)cc1)c1ccc(C(F)(F)F)cc1. The minimum Gasteiger partial charge on any atom is -0.326 e. The van der Waals surface area contributed by atoms with Crippen LogP contribution in [0.15, 0.2) is 54.1 Å². The van der Waals surface area contributed by atoms with Crippen LogP contribution < -0.4 is 10.6 Å². The molecule has 1 saturated heterocycles. The van der Waals surface area contributed by atoms with Gasteiger partial charge < -0.3 is 16.0 Å². The number of hydrogen-bond acceptors (Lipinski definition) is 3. The van der Waals surface area contributed by atoms with E-state index in [1.54, 1.807) is 12.1 Å². The Morgan fingerprint density at radius 3 is 2.22 bits per heavy atom. The minimum atomic E-state index is -4.42. The summed E-state index contributed by atoms with van der Waals surface area (Å²) in [5, 5.41) is 13.8. The quantitative estimate of drug-likeness (QED) is 0.691. The van der Waals surface area contributed by atoms with Gasteiger partial charge in [-0.1, -0.05) is 30.3 Å². The van der Waals surface area contributed by atoms with Gasteiger partial charge in [0.2, 0.25) is 5.91 Å². The van der Waals surface area contributed by atoms with Crippen molar-refractivity contribution in [3.05, 3.63) is 70.8 Å². The van der Waals surface area contributed by atoms with E-state index in [0.717, 1.165) is 30.8 Å². The fourth-order valence-corrected chi connectivity index (χ4v) is 2.60. The van der Waals surface area contributed by atoms with Crippen molar-refractivity contribution in [2.75, 3.05) is 18.4 Å². The molecule has 0 aromatic heterocycles. The first kappa shape index (κ1) is 18.8. The Labute approximate surface area is 154 Å². The third-order valence-electron chi connectivity index (χ3n) is 4.17. The van der Waals surface area contributed by atoms with Gasteiger partial charge in [0.05, 0.1) is 12.0 Å². The van der Waals surface area contributed by atoms with Crippen molar-refractivity contribution < 1.29 is 18.0 Å². The van der Waals surface area contributed by atoms with Gasteiger partial charge in [0.1, 0.15) is 0 Å². The maximum atomic E-state index is 12.6. The average Bonchev–Trinajstić information content (AvgIpc) is 2.59. The molecule has 3 rings (SSSR count). The predicted octanol–water partition coefficient (Wildman–Crippen LogP) is 4.09. The predicted molar refractivity (Wildman–Crippen MR) is 98.8 cm³/mol. The zero-order valence-corrected chi connectivity index (χ0v) is 14.4. The number of nitrogens with one attached hydrogen (secondary N) is 3. The number of anilines is 1. The standard InChI is InChI=1S/C20H18F3N3O/c21-20(22,23)16-5-3-15(4-6-16)18(24)10-19(27)26-17-7-1-13(2-8-17)9-14-11-25-12-14/h1-9,24-25H,10-12H2,(H,26,27). The summed E-state index contributed by atoms with van der Waals surface area (Å²) in [5.74, 6) is -0.394. The number of halogens is 3. The van der Waals surface area contributed by atoms with Crippen LogP contribution in [0.5, 0.6) is 0 Å². The minimum absolute atomic E-state index is 0.0416.